The molecule has 0 heterocycles. The second-order valence-electron chi connectivity index (χ2n) is 5.45. The van der Waals surface area contributed by atoms with Crippen LogP contribution in [-0.4, -0.2) is 25.2 Å². The molecule has 0 unspecified atom stereocenters. The first kappa shape index (κ1) is 18.7. The molecule has 23 heavy (non-hydrogen) atoms. The summed E-state index contributed by atoms with van der Waals surface area (Å²) in [7, 11) is 0. The Morgan fingerprint density at radius 2 is 1.65 bits per heavy atom. The smallest absolute Gasteiger partial charge is 0.338 e. The number of esters is 2. The number of anilines is 1. The van der Waals surface area contributed by atoms with Gasteiger partial charge in [0.15, 0.2) is 0 Å². The van der Waals surface area contributed by atoms with Crippen LogP contribution in [0.1, 0.15) is 49.4 Å². The van der Waals surface area contributed by atoms with Crippen LogP contribution in [0.3, 0.4) is 0 Å². The number of ether oxygens (including phenoxy) is 2. The molecule has 0 atom stereocenters. The third-order valence-electron chi connectivity index (χ3n) is 3.23. The Balaban J connectivity index is 2.00. The molecule has 2 N–H and O–H groups in total. The van der Waals surface area contributed by atoms with Gasteiger partial charge in [0.25, 0.3) is 0 Å². The van der Waals surface area contributed by atoms with Gasteiger partial charge in [-0.25, -0.2) is 9.59 Å². The topological polar surface area (TPSA) is 78.6 Å². The number of hydrogen-bond acceptors (Lipinski definition) is 5. The van der Waals surface area contributed by atoms with Gasteiger partial charge in [0.1, 0.15) is 0 Å². The first-order valence-corrected chi connectivity index (χ1v) is 7.86. The molecule has 5 heteroatoms. The molecule has 0 bridgehead atoms. The van der Waals surface area contributed by atoms with Crippen molar-refractivity contribution in [3.05, 3.63) is 42.0 Å². The highest BCUT2D eigenvalue weighted by Crippen LogP contribution is 2.09. The van der Waals surface area contributed by atoms with E-state index >= 15 is 0 Å². The van der Waals surface area contributed by atoms with Crippen LogP contribution in [0.2, 0.25) is 0 Å². The molecule has 0 aromatic heterocycles. The number of nitrogens with two attached hydrogens (primary N) is 1. The second kappa shape index (κ2) is 10.4. The Hall–Kier alpha value is -2.30. The average molecular weight is 319 g/mol. The van der Waals surface area contributed by atoms with Crippen molar-refractivity contribution in [2.45, 2.75) is 39.0 Å². The van der Waals surface area contributed by atoms with Crippen LogP contribution in [0.15, 0.2) is 36.4 Å². The number of hydrogen-bond donors (Lipinski definition) is 1. The summed E-state index contributed by atoms with van der Waals surface area (Å²) in [6, 6.07) is 6.75. The maximum atomic E-state index is 11.8. The number of benzene rings is 1. The van der Waals surface area contributed by atoms with E-state index in [1.807, 2.05) is 0 Å². The number of unbranched alkanes of at least 4 members (excludes halogenated alkanes) is 4. The lowest BCUT2D eigenvalue weighted by atomic mass is 10.1. The minimum atomic E-state index is -0.344. The summed E-state index contributed by atoms with van der Waals surface area (Å²) in [5.41, 5.74) is 7.07. The average Bonchev–Trinajstić information content (AvgIpc) is 2.52. The van der Waals surface area contributed by atoms with Crippen molar-refractivity contribution in [1.29, 1.82) is 0 Å². The Morgan fingerprint density at radius 3 is 2.26 bits per heavy atom. The van der Waals surface area contributed by atoms with Gasteiger partial charge in [-0.2, -0.15) is 0 Å². The maximum absolute atomic E-state index is 11.8. The van der Waals surface area contributed by atoms with E-state index in [9.17, 15) is 9.59 Å². The summed E-state index contributed by atoms with van der Waals surface area (Å²) in [6.07, 6.45) is 4.62. The van der Waals surface area contributed by atoms with Gasteiger partial charge in [0.2, 0.25) is 0 Å². The quantitative estimate of drug-likeness (QED) is 0.309. The van der Waals surface area contributed by atoms with Crippen molar-refractivity contribution < 1.29 is 19.1 Å². The Kier molecular flexibility index (Phi) is 8.50. The summed E-state index contributed by atoms with van der Waals surface area (Å²) in [5, 5.41) is 0. The van der Waals surface area contributed by atoms with E-state index in [0.717, 1.165) is 32.1 Å². The zero-order valence-corrected chi connectivity index (χ0v) is 13.7. The van der Waals surface area contributed by atoms with Crippen LogP contribution >= 0.6 is 0 Å². The van der Waals surface area contributed by atoms with Crippen molar-refractivity contribution in [3.8, 4) is 0 Å². The molecule has 0 fully saturated rings. The molecule has 0 aliphatic rings. The Bertz CT molecular complexity index is 540. The van der Waals surface area contributed by atoms with Crippen LogP contribution in [0.5, 0.6) is 0 Å². The number of carbonyl (C=O) groups excluding carboxylic acids is 2. The lowest BCUT2D eigenvalue weighted by molar-refractivity contribution is -0.139. The van der Waals surface area contributed by atoms with E-state index < -0.39 is 0 Å². The number of nitrogen functional groups attached to an aromatic ring is 1. The largest absolute Gasteiger partial charge is 0.462 e. The van der Waals surface area contributed by atoms with Crippen molar-refractivity contribution >= 4 is 17.6 Å². The standard InChI is InChI=1S/C18H25NO4/c1-14(2)17(20)22-11-6-4-3-5-7-12-23-18(21)15-9-8-10-16(19)13-15/h8-10,13H,1,3-7,11-12,19H2,2H3. The van der Waals surface area contributed by atoms with E-state index in [4.69, 9.17) is 15.2 Å². The van der Waals surface area contributed by atoms with Crippen LogP contribution < -0.4 is 5.73 Å². The normalized spacial score (nSPS) is 10.1. The zero-order valence-electron chi connectivity index (χ0n) is 13.7. The summed E-state index contributed by atoms with van der Waals surface area (Å²) >= 11 is 0. The van der Waals surface area contributed by atoms with Crippen molar-refractivity contribution in [2.24, 2.45) is 0 Å². The van der Waals surface area contributed by atoms with Gasteiger partial charge in [-0.05, 0) is 38.0 Å². The Morgan fingerprint density at radius 1 is 1.04 bits per heavy atom. The molecule has 126 valence electrons. The molecule has 5 nitrogen and oxygen atoms in total. The summed E-state index contributed by atoms with van der Waals surface area (Å²) in [5.74, 6) is -0.678. The highest BCUT2D eigenvalue weighted by molar-refractivity contribution is 5.90. The predicted octanol–water partition coefficient (Wildman–Crippen LogP) is 3.50. The molecule has 0 amide bonds. The molecule has 0 aliphatic heterocycles. The van der Waals surface area contributed by atoms with Gasteiger partial charge in [-0.1, -0.05) is 31.9 Å². The molecule has 0 radical (unpaired) electrons. The molecule has 0 spiro atoms. The monoisotopic (exact) mass is 319 g/mol. The van der Waals surface area contributed by atoms with Gasteiger partial charge in [-0.15, -0.1) is 0 Å². The fourth-order valence-electron chi connectivity index (χ4n) is 1.94. The second-order valence-corrected chi connectivity index (χ2v) is 5.45. The highest BCUT2D eigenvalue weighted by atomic mass is 16.5. The molecule has 1 aromatic rings. The molecule has 0 saturated carbocycles. The molecular formula is C18H25NO4. The molecule has 1 aromatic carbocycles. The van der Waals surface area contributed by atoms with Gasteiger partial charge >= 0.3 is 11.9 Å². The van der Waals surface area contributed by atoms with Crippen LogP contribution in [-0.2, 0) is 14.3 Å². The predicted molar refractivity (Wildman–Crippen MR) is 90.0 cm³/mol. The van der Waals surface area contributed by atoms with Gasteiger partial charge < -0.3 is 15.2 Å². The van der Waals surface area contributed by atoms with Crippen LogP contribution in [0, 0.1) is 0 Å². The zero-order chi connectivity index (χ0) is 17.1. The highest BCUT2D eigenvalue weighted by Gasteiger charge is 2.06. The van der Waals surface area contributed by atoms with Gasteiger partial charge in [-0.3, -0.25) is 0 Å². The number of rotatable bonds is 10. The van der Waals surface area contributed by atoms with E-state index in [2.05, 4.69) is 6.58 Å². The Labute approximate surface area is 137 Å². The van der Waals surface area contributed by atoms with Crippen LogP contribution in [0.25, 0.3) is 0 Å². The maximum Gasteiger partial charge on any atom is 0.338 e. The van der Waals surface area contributed by atoms with E-state index in [0.29, 0.717) is 30.0 Å². The fourth-order valence-corrected chi connectivity index (χ4v) is 1.94. The first-order chi connectivity index (χ1) is 11.0. The fraction of sp³-hybridized carbons (Fsp3) is 0.444. The van der Waals surface area contributed by atoms with Gasteiger partial charge in [0.05, 0.1) is 18.8 Å². The molecule has 0 saturated heterocycles. The number of carbonyl (C=O) groups is 2. The molecular weight excluding hydrogens is 294 g/mol. The molecule has 1 rings (SSSR count). The van der Waals surface area contributed by atoms with Crippen LogP contribution in [0.4, 0.5) is 5.69 Å². The molecule has 0 aliphatic carbocycles. The lowest BCUT2D eigenvalue weighted by Gasteiger charge is -2.06. The SMILES string of the molecule is C=C(C)C(=O)OCCCCCCCOC(=O)c1cccc(N)c1. The minimum absolute atomic E-state index is 0.335. The van der Waals surface area contributed by atoms with Gasteiger partial charge in [0, 0.05) is 11.3 Å². The van der Waals surface area contributed by atoms with Crippen molar-refractivity contribution in [3.63, 3.8) is 0 Å². The third-order valence-corrected chi connectivity index (χ3v) is 3.23. The third kappa shape index (κ3) is 8.04. The summed E-state index contributed by atoms with van der Waals surface area (Å²) < 4.78 is 10.2. The van der Waals surface area contributed by atoms with Crippen molar-refractivity contribution in [2.75, 3.05) is 18.9 Å². The summed E-state index contributed by atoms with van der Waals surface area (Å²) in [4.78, 5) is 22.9. The van der Waals surface area contributed by atoms with Crippen molar-refractivity contribution in [1.82, 2.24) is 0 Å². The van der Waals surface area contributed by atoms with E-state index in [-0.39, 0.29) is 11.9 Å². The lowest BCUT2D eigenvalue weighted by Crippen LogP contribution is -2.07. The summed E-state index contributed by atoms with van der Waals surface area (Å²) in [6.45, 7) is 5.98. The first-order valence-electron chi connectivity index (χ1n) is 7.86. The van der Waals surface area contributed by atoms with E-state index in [1.54, 1.807) is 31.2 Å². The van der Waals surface area contributed by atoms with E-state index in [1.165, 1.54) is 0 Å². The minimum Gasteiger partial charge on any atom is -0.462 e.